The summed E-state index contributed by atoms with van der Waals surface area (Å²) in [6.45, 7) is 4.21. The molecule has 1 amide bonds. The number of ether oxygens (including phenoxy) is 2. The zero-order chi connectivity index (χ0) is 21.3. The van der Waals surface area contributed by atoms with Gasteiger partial charge in [-0.15, -0.1) is 11.3 Å². The molecule has 2 aromatic rings. The molecular formula is C22H24N2O5S. The van der Waals surface area contributed by atoms with Crippen LogP contribution in [-0.4, -0.2) is 37.5 Å². The Kier molecular flexibility index (Phi) is 5.76. The van der Waals surface area contributed by atoms with E-state index in [2.05, 4.69) is 12.2 Å². The number of rotatable bonds is 5. The fraction of sp³-hybridized carbons (Fsp3) is 0.409. The van der Waals surface area contributed by atoms with Crippen molar-refractivity contribution in [1.29, 1.82) is 0 Å². The maximum absolute atomic E-state index is 12.9. The van der Waals surface area contributed by atoms with Gasteiger partial charge in [0.25, 0.3) is 0 Å². The van der Waals surface area contributed by atoms with Gasteiger partial charge < -0.3 is 19.7 Å². The summed E-state index contributed by atoms with van der Waals surface area (Å²) in [4.78, 5) is 40.2. The van der Waals surface area contributed by atoms with Crippen LogP contribution >= 0.6 is 11.3 Å². The lowest BCUT2D eigenvalue weighted by Gasteiger charge is -2.29. The smallest absolute Gasteiger partial charge is 0.341 e. The zero-order valence-electron chi connectivity index (χ0n) is 17.0. The summed E-state index contributed by atoms with van der Waals surface area (Å²) in [6, 6.07) is 7.11. The van der Waals surface area contributed by atoms with Gasteiger partial charge in [0.05, 0.1) is 24.4 Å². The first-order chi connectivity index (χ1) is 14.5. The van der Waals surface area contributed by atoms with Crippen molar-refractivity contribution < 1.29 is 23.9 Å². The van der Waals surface area contributed by atoms with Gasteiger partial charge in [0.15, 0.2) is 5.75 Å². The molecule has 0 saturated carbocycles. The van der Waals surface area contributed by atoms with Crippen LogP contribution in [0.1, 0.15) is 41.1 Å². The van der Waals surface area contributed by atoms with Crippen molar-refractivity contribution in [2.75, 3.05) is 29.9 Å². The molecular weight excluding hydrogens is 404 g/mol. The van der Waals surface area contributed by atoms with Crippen LogP contribution in [0.2, 0.25) is 0 Å². The van der Waals surface area contributed by atoms with Crippen molar-refractivity contribution >= 4 is 39.9 Å². The number of carbonyl (C=O) groups is 3. The quantitative estimate of drug-likeness (QED) is 0.580. The molecule has 0 bridgehead atoms. The minimum absolute atomic E-state index is 0.00633. The number of fused-ring (bicyclic) bond motifs is 2. The van der Waals surface area contributed by atoms with Crippen molar-refractivity contribution in [2.24, 2.45) is 5.92 Å². The Bertz CT molecular complexity index is 999. The van der Waals surface area contributed by atoms with Crippen LogP contribution in [0, 0.1) is 5.92 Å². The third kappa shape index (κ3) is 4.05. The van der Waals surface area contributed by atoms with E-state index in [9.17, 15) is 14.4 Å². The number of esters is 2. The molecule has 1 aliphatic carbocycles. The second kappa shape index (κ2) is 8.47. The molecule has 7 nitrogen and oxygen atoms in total. The second-order valence-corrected chi connectivity index (χ2v) is 8.73. The largest absolute Gasteiger partial charge is 0.462 e. The molecule has 0 radical (unpaired) electrons. The van der Waals surface area contributed by atoms with Crippen LogP contribution in [0.4, 0.5) is 10.7 Å². The van der Waals surface area contributed by atoms with Crippen molar-refractivity contribution in [3.8, 4) is 5.75 Å². The third-order valence-electron chi connectivity index (χ3n) is 5.33. The number of hydrogen-bond donors (Lipinski definition) is 1. The highest BCUT2D eigenvalue weighted by atomic mass is 32.1. The maximum Gasteiger partial charge on any atom is 0.341 e. The summed E-state index contributed by atoms with van der Waals surface area (Å²) in [5.41, 5.74) is 2.17. The summed E-state index contributed by atoms with van der Waals surface area (Å²) in [7, 11) is 0. The number of thiophene rings is 1. The molecule has 1 unspecified atom stereocenters. The van der Waals surface area contributed by atoms with E-state index in [-0.39, 0.29) is 25.6 Å². The number of para-hydroxylation sites is 2. The summed E-state index contributed by atoms with van der Waals surface area (Å²) in [5, 5.41) is 3.43. The van der Waals surface area contributed by atoms with Crippen molar-refractivity contribution in [3.05, 3.63) is 40.3 Å². The normalized spacial score (nSPS) is 17.6. The SMILES string of the molecule is CCOC(=O)c1c(NC(=O)CN2CC(=O)Oc3ccccc32)sc2c1CCC(C)C2. The van der Waals surface area contributed by atoms with E-state index in [0.29, 0.717) is 27.9 Å². The Morgan fingerprint density at radius 3 is 2.93 bits per heavy atom. The number of hydrogen-bond acceptors (Lipinski definition) is 7. The number of carbonyl (C=O) groups excluding carboxylic acids is 3. The standard InChI is InChI=1S/C22H24N2O5S/c1-3-28-22(27)20-14-9-8-13(2)10-17(14)30-21(20)23-18(25)11-24-12-19(26)29-16-7-5-4-6-15(16)24/h4-7,13H,3,8-12H2,1-2H3,(H,23,25). The van der Waals surface area contributed by atoms with E-state index in [0.717, 1.165) is 29.7 Å². The summed E-state index contributed by atoms with van der Waals surface area (Å²) in [5.74, 6) is -0.113. The molecule has 0 spiro atoms. The van der Waals surface area contributed by atoms with Gasteiger partial charge in [0, 0.05) is 4.88 Å². The second-order valence-electron chi connectivity index (χ2n) is 7.62. The minimum atomic E-state index is -0.408. The van der Waals surface area contributed by atoms with Gasteiger partial charge in [-0.3, -0.25) is 4.79 Å². The monoisotopic (exact) mass is 428 g/mol. The average molecular weight is 429 g/mol. The lowest BCUT2D eigenvalue weighted by Crippen LogP contribution is -2.41. The van der Waals surface area contributed by atoms with Crippen LogP contribution in [0.25, 0.3) is 0 Å². The molecule has 2 heterocycles. The number of amides is 1. The molecule has 1 aromatic heterocycles. The highest BCUT2D eigenvalue weighted by Gasteiger charge is 2.30. The molecule has 0 saturated heterocycles. The topological polar surface area (TPSA) is 84.9 Å². The molecule has 1 N–H and O–H groups in total. The Labute approximate surface area is 179 Å². The summed E-state index contributed by atoms with van der Waals surface area (Å²) < 4.78 is 10.5. The molecule has 1 aromatic carbocycles. The van der Waals surface area contributed by atoms with Crippen LogP contribution in [0.3, 0.4) is 0 Å². The maximum atomic E-state index is 12.9. The Morgan fingerprint density at radius 1 is 1.33 bits per heavy atom. The molecule has 1 aliphatic heterocycles. The molecule has 2 aliphatic rings. The fourth-order valence-corrected chi connectivity index (χ4v) is 5.35. The van der Waals surface area contributed by atoms with Crippen LogP contribution in [-0.2, 0) is 27.2 Å². The van der Waals surface area contributed by atoms with Crippen LogP contribution in [0.5, 0.6) is 5.75 Å². The van der Waals surface area contributed by atoms with E-state index < -0.39 is 11.9 Å². The van der Waals surface area contributed by atoms with Gasteiger partial charge in [0.1, 0.15) is 11.5 Å². The molecule has 8 heteroatoms. The van der Waals surface area contributed by atoms with Gasteiger partial charge in [-0.2, -0.15) is 0 Å². The van der Waals surface area contributed by atoms with Gasteiger partial charge >= 0.3 is 11.9 Å². The van der Waals surface area contributed by atoms with Gasteiger partial charge in [-0.25, -0.2) is 9.59 Å². The van der Waals surface area contributed by atoms with E-state index >= 15 is 0 Å². The molecule has 0 fully saturated rings. The van der Waals surface area contributed by atoms with Crippen molar-refractivity contribution in [2.45, 2.75) is 33.1 Å². The predicted octanol–water partition coefficient (Wildman–Crippen LogP) is 3.41. The van der Waals surface area contributed by atoms with Crippen molar-refractivity contribution in [1.82, 2.24) is 0 Å². The van der Waals surface area contributed by atoms with Crippen LogP contribution < -0.4 is 15.0 Å². The Balaban J connectivity index is 1.56. The Hall–Kier alpha value is -2.87. The average Bonchev–Trinajstić information content (AvgIpc) is 3.04. The zero-order valence-corrected chi connectivity index (χ0v) is 17.8. The Morgan fingerprint density at radius 2 is 2.13 bits per heavy atom. The first-order valence-electron chi connectivity index (χ1n) is 10.1. The highest BCUT2D eigenvalue weighted by Crippen LogP contribution is 2.40. The van der Waals surface area contributed by atoms with E-state index in [4.69, 9.17) is 9.47 Å². The molecule has 4 rings (SSSR count). The number of nitrogens with one attached hydrogen (secondary N) is 1. The summed E-state index contributed by atoms with van der Waals surface area (Å²) in [6.07, 6.45) is 2.71. The van der Waals surface area contributed by atoms with E-state index in [1.54, 1.807) is 24.0 Å². The van der Waals surface area contributed by atoms with Crippen LogP contribution in [0.15, 0.2) is 24.3 Å². The molecule has 158 valence electrons. The first-order valence-corrected chi connectivity index (χ1v) is 10.9. The summed E-state index contributed by atoms with van der Waals surface area (Å²) >= 11 is 1.45. The third-order valence-corrected chi connectivity index (χ3v) is 6.50. The molecule has 1 atom stereocenters. The van der Waals surface area contributed by atoms with Gasteiger partial charge in [-0.1, -0.05) is 19.1 Å². The van der Waals surface area contributed by atoms with Gasteiger partial charge in [0.2, 0.25) is 5.91 Å². The lowest BCUT2D eigenvalue weighted by atomic mass is 9.88. The fourth-order valence-electron chi connectivity index (χ4n) is 3.94. The first kappa shape index (κ1) is 20.4. The number of anilines is 2. The van der Waals surface area contributed by atoms with E-state index in [1.165, 1.54) is 11.3 Å². The number of nitrogens with zero attached hydrogens (tertiary/aromatic N) is 1. The van der Waals surface area contributed by atoms with E-state index in [1.807, 2.05) is 12.1 Å². The minimum Gasteiger partial charge on any atom is -0.462 e. The van der Waals surface area contributed by atoms with Gasteiger partial charge in [-0.05, 0) is 49.8 Å². The predicted molar refractivity (Wildman–Crippen MR) is 114 cm³/mol. The number of benzene rings is 1. The van der Waals surface area contributed by atoms with Crippen molar-refractivity contribution in [3.63, 3.8) is 0 Å². The highest BCUT2D eigenvalue weighted by molar-refractivity contribution is 7.17. The molecule has 30 heavy (non-hydrogen) atoms. The lowest BCUT2D eigenvalue weighted by molar-refractivity contribution is -0.133.